The lowest BCUT2D eigenvalue weighted by molar-refractivity contribution is -0.467. The maximum absolute atomic E-state index is 11.1. The Balaban J connectivity index is 1.83. The van der Waals surface area contributed by atoms with Crippen molar-refractivity contribution in [3.05, 3.63) is 34.4 Å². The summed E-state index contributed by atoms with van der Waals surface area (Å²) < 4.78 is 11.0. The van der Waals surface area contributed by atoms with Gasteiger partial charge >= 0.3 is 0 Å². The van der Waals surface area contributed by atoms with E-state index in [2.05, 4.69) is 5.32 Å². The average Bonchev–Trinajstić information content (AvgIpc) is 2.35. The summed E-state index contributed by atoms with van der Waals surface area (Å²) in [5.41, 5.74) is 0. The van der Waals surface area contributed by atoms with Crippen molar-refractivity contribution >= 4 is 5.91 Å². The minimum absolute atomic E-state index is 0.182. The van der Waals surface area contributed by atoms with Gasteiger partial charge in [-0.3, -0.25) is 14.9 Å². The number of nitrogens with one attached hydrogen (secondary N) is 1. The fourth-order valence-electron chi connectivity index (χ4n) is 1.56. The molecule has 1 aliphatic heterocycles. The molecule has 1 amide bonds. The monoisotopic (exact) mass is 252 g/mol. The van der Waals surface area contributed by atoms with Gasteiger partial charge in [0, 0.05) is 4.92 Å². The molecule has 0 saturated heterocycles. The van der Waals surface area contributed by atoms with Gasteiger partial charge in [-0.25, -0.2) is 0 Å². The molecule has 0 radical (unpaired) electrons. The molecule has 1 atom stereocenters. The van der Waals surface area contributed by atoms with Crippen molar-refractivity contribution in [2.45, 2.75) is 6.10 Å². The summed E-state index contributed by atoms with van der Waals surface area (Å²) in [6.07, 6.45) is -0.337. The summed E-state index contributed by atoms with van der Waals surface area (Å²) in [7, 11) is 0. The lowest BCUT2D eigenvalue weighted by atomic mass is 10.2. The molecule has 18 heavy (non-hydrogen) atoms. The summed E-state index contributed by atoms with van der Waals surface area (Å²) in [4.78, 5) is 20.5. The smallest absolute Gasteiger partial charge is 0.291 e. The Hall–Kier alpha value is -2.31. The number of ether oxygens (including phenoxy) is 2. The van der Waals surface area contributed by atoms with E-state index in [-0.39, 0.29) is 12.6 Å². The molecule has 0 spiro atoms. The Bertz CT molecular complexity index is 463. The van der Waals surface area contributed by atoms with Crippen molar-refractivity contribution < 1.29 is 19.2 Å². The van der Waals surface area contributed by atoms with E-state index in [1.807, 2.05) is 12.1 Å². The largest absolute Gasteiger partial charge is 0.486 e. The van der Waals surface area contributed by atoms with Crippen molar-refractivity contribution in [3.8, 4) is 11.5 Å². The van der Waals surface area contributed by atoms with E-state index in [4.69, 9.17) is 9.47 Å². The van der Waals surface area contributed by atoms with E-state index in [9.17, 15) is 14.9 Å². The van der Waals surface area contributed by atoms with E-state index >= 15 is 0 Å². The number of carbonyl (C=O) groups excluding carboxylic acids is 1. The van der Waals surface area contributed by atoms with Crippen LogP contribution in [0.3, 0.4) is 0 Å². The number of para-hydroxylation sites is 2. The van der Waals surface area contributed by atoms with Gasteiger partial charge in [0.2, 0.25) is 0 Å². The lowest BCUT2D eigenvalue weighted by Crippen LogP contribution is -2.42. The molecule has 0 saturated carbocycles. The van der Waals surface area contributed by atoms with Crippen molar-refractivity contribution in [1.82, 2.24) is 5.32 Å². The van der Waals surface area contributed by atoms with Gasteiger partial charge in [-0.15, -0.1) is 0 Å². The molecule has 1 heterocycles. The van der Waals surface area contributed by atoms with Gasteiger partial charge in [0.1, 0.15) is 12.7 Å². The number of fused-ring (bicyclic) bond motifs is 1. The van der Waals surface area contributed by atoms with Gasteiger partial charge in [0.25, 0.3) is 12.5 Å². The van der Waals surface area contributed by atoms with Crippen LogP contribution < -0.4 is 14.8 Å². The van der Waals surface area contributed by atoms with Gasteiger partial charge in [-0.2, -0.15) is 0 Å². The molecule has 0 aromatic heterocycles. The van der Waals surface area contributed by atoms with Crippen LogP contribution in [0.2, 0.25) is 0 Å². The lowest BCUT2D eigenvalue weighted by Gasteiger charge is -2.26. The van der Waals surface area contributed by atoms with Crippen LogP contribution in [0.1, 0.15) is 0 Å². The molecule has 1 N–H and O–H groups in total. The predicted octanol–water partition coefficient (Wildman–Crippen LogP) is 0.219. The highest BCUT2D eigenvalue weighted by Crippen LogP contribution is 2.30. The number of nitro groups is 1. The molecule has 0 aliphatic carbocycles. The number of amides is 1. The zero-order valence-electron chi connectivity index (χ0n) is 9.50. The topological polar surface area (TPSA) is 90.7 Å². The first-order valence-corrected chi connectivity index (χ1v) is 5.42. The number of benzene rings is 1. The minimum atomic E-state index is -0.732. The van der Waals surface area contributed by atoms with Crippen molar-refractivity contribution in [1.29, 1.82) is 0 Å². The second-order valence-corrected chi connectivity index (χ2v) is 3.79. The molecule has 0 fully saturated rings. The Kier molecular flexibility index (Phi) is 3.61. The van der Waals surface area contributed by atoms with Gasteiger partial charge in [-0.1, -0.05) is 12.1 Å². The highest BCUT2D eigenvalue weighted by Gasteiger charge is 2.21. The summed E-state index contributed by atoms with van der Waals surface area (Å²) in [5, 5.41) is 12.5. The third-order valence-electron chi connectivity index (χ3n) is 2.37. The fraction of sp³-hybridized carbons (Fsp3) is 0.364. The van der Waals surface area contributed by atoms with Crippen LogP contribution >= 0.6 is 0 Å². The molecule has 1 unspecified atom stereocenters. The standard InChI is InChI=1S/C11H12N2O5/c14-11(6-13(15)16)12-5-8-7-17-9-3-1-2-4-10(9)18-8/h1-4,8H,5-7H2,(H,12,14). The number of rotatable bonds is 4. The number of nitrogens with zero attached hydrogens (tertiary/aromatic N) is 1. The Labute approximate surface area is 103 Å². The SMILES string of the molecule is O=C(C[N+](=O)[O-])NCC1COc2ccccc2O1. The van der Waals surface area contributed by atoms with Crippen LogP contribution in [0, 0.1) is 10.1 Å². The van der Waals surface area contributed by atoms with E-state index in [1.165, 1.54) is 0 Å². The summed E-state index contributed by atoms with van der Waals surface area (Å²) in [6, 6.07) is 7.20. The second kappa shape index (κ2) is 5.35. The normalized spacial score (nSPS) is 17.0. The molecule has 2 rings (SSSR count). The zero-order valence-corrected chi connectivity index (χ0v) is 9.50. The molecule has 1 aliphatic rings. The summed E-state index contributed by atoms with van der Waals surface area (Å²) in [6.45, 7) is -0.249. The Morgan fingerprint density at radius 2 is 2.17 bits per heavy atom. The van der Waals surface area contributed by atoms with E-state index in [1.54, 1.807) is 12.1 Å². The highest BCUT2D eigenvalue weighted by molar-refractivity contribution is 5.76. The number of hydrogen-bond donors (Lipinski definition) is 1. The van der Waals surface area contributed by atoms with Crippen LogP contribution in [0.5, 0.6) is 11.5 Å². The zero-order chi connectivity index (χ0) is 13.0. The van der Waals surface area contributed by atoms with Gasteiger partial charge < -0.3 is 14.8 Å². The van der Waals surface area contributed by atoms with E-state index < -0.39 is 17.4 Å². The quantitative estimate of drug-likeness (QED) is 0.611. The van der Waals surface area contributed by atoms with Gasteiger partial charge in [0.05, 0.1) is 6.54 Å². The number of carbonyl (C=O) groups is 1. The maximum atomic E-state index is 11.1. The van der Waals surface area contributed by atoms with Crippen molar-refractivity contribution in [2.75, 3.05) is 19.7 Å². The molecular formula is C11H12N2O5. The van der Waals surface area contributed by atoms with Crippen LogP contribution in [0.4, 0.5) is 0 Å². The van der Waals surface area contributed by atoms with Gasteiger partial charge in [0.15, 0.2) is 11.5 Å². The van der Waals surface area contributed by atoms with Crippen LogP contribution in [0.15, 0.2) is 24.3 Å². The van der Waals surface area contributed by atoms with Crippen LogP contribution in [0.25, 0.3) is 0 Å². The summed E-state index contributed by atoms with van der Waals surface area (Å²) >= 11 is 0. The van der Waals surface area contributed by atoms with E-state index in [0.717, 1.165) is 0 Å². The Morgan fingerprint density at radius 3 is 2.89 bits per heavy atom. The maximum Gasteiger partial charge on any atom is 0.291 e. The van der Waals surface area contributed by atoms with Crippen LogP contribution in [-0.2, 0) is 4.79 Å². The molecule has 1 aromatic carbocycles. The predicted molar refractivity (Wildman–Crippen MR) is 61.2 cm³/mol. The first kappa shape index (κ1) is 12.2. The summed E-state index contributed by atoms with van der Waals surface area (Å²) in [5.74, 6) is 0.630. The average molecular weight is 252 g/mol. The molecule has 0 bridgehead atoms. The highest BCUT2D eigenvalue weighted by atomic mass is 16.6. The van der Waals surface area contributed by atoms with Crippen LogP contribution in [-0.4, -0.2) is 36.6 Å². The third-order valence-corrected chi connectivity index (χ3v) is 2.37. The fourth-order valence-corrected chi connectivity index (χ4v) is 1.56. The second-order valence-electron chi connectivity index (χ2n) is 3.79. The molecule has 7 heteroatoms. The first-order chi connectivity index (χ1) is 8.65. The van der Waals surface area contributed by atoms with Gasteiger partial charge in [-0.05, 0) is 12.1 Å². The molecular weight excluding hydrogens is 240 g/mol. The molecule has 7 nitrogen and oxygen atoms in total. The van der Waals surface area contributed by atoms with Crippen molar-refractivity contribution in [3.63, 3.8) is 0 Å². The first-order valence-electron chi connectivity index (χ1n) is 5.42. The Morgan fingerprint density at radius 1 is 1.44 bits per heavy atom. The minimum Gasteiger partial charge on any atom is -0.486 e. The van der Waals surface area contributed by atoms with E-state index in [0.29, 0.717) is 18.1 Å². The molecule has 1 aromatic rings. The number of hydrogen-bond acceptors (Lipinski definition) is 5. The van der Waals surface area contributed by atoms with Crippen molar-refractivity contribution in [2.24, 2.45) is 0 Å². The molecule has 96 valence electrons. The third kappa shape index (κ3) is 3.09.